The van der Waals surface area contributed by atoms with Crippen molar-refractivity contribution in [2.75, 3.05) is 11.9 Å². The summed E-state index contributed by atoms with van der Waals surface area (Å²) in [6, 6.07) is 21.0. The number of hydrogen-bond acceptors (Lipinski definition) is 3. The molecule has 4 nitrogen and oxygen atoms in total. The molecule has 0 aliphatic heterocycles. The predicted octanol–water partition coefficient (Wildman–Crippen LogP) is 5.31. The van der Waals surface area contributed by atoms with Crippen molar-refractivity contribution in [1.29, 1.82) is 0 Å². The monoisotopic (exact) mass is 399 g/mol. The number of hydrogen-bond donors (Lipinski definition) is 1. The molecule has 0 fully saturated rings. The van der Waals surface area contributed by atoms with Gasteiger partial charge in [-0.2, -0.15) is 0 Å². The zero-order valence-corrected chi connectivity index (χ0v) is 15.2. The Morgan fingerprint density at radius 1 is 1.00 bits per heavy atom. The van der Waals surface area contributed by atoms with Crippen molar-refractivity contribution in [2.24, 2.45) is 0 Å². The van der Waals surface area contributed by atoms with E-state index in [1.54, 1.807) is 12.1 Å². The average molecular weight is 400 g/mol. The standard InChI is InChI=1S/C20H18BrNO3/c21-19-13-12-18(25-19)20(23)22-16-8-10-17(11-9-16)24-14-4-7-15-5-2-1-3-6-15/h1-3,5-6,8-13H,4,7,14H2,(H,22,23). The Morgan fingerprint density at radius 2 is 1.76 bits per heavy atom. The van der Waals surface area contributed by atoms with E-state index in [0.29, 0.717) is 17.0 Å². The second kappa shape index (κ2) is 8.53. The first-order valence-electron chi connectivity index (χ1n) is 8.04. The number of benzene rings is 2. The van der Waals surface area contributed by atoms with E-state index in [2.05, 4.69) is 33.4 Å². The van der Waals surface area contributed by atoms with Gasteiger partial charge >= 0.3 is 0 Å². The molecule has 0 saturated heterocycles. The molecule has 0 unspecified atom stereocenters. The van der Waals surface area contributed by atoms with Gasteiger partial charge in [0.1, 0.15) is 5.75 Å². The SMILES string of the molecule is O=C(Nc1ccc(OCCCc2ccccc2)cc1)c1ccc(Br)o1. The van der Waals surface area contributed by atoms with Gasteiger partial charge in [-0.1, -0.05) is 30.3 Å². The molecule has 0 saturated carbocycles. The molecule has 2 aromatic carbocycles. The molecule has 0 spiro atoms. The molecule has 3 aromatic rings. The fraction of sp³-hybridized carbons (Fsp3) is 0.150. The molecular weight excluding hydrogens is 382 g/mol. The highest BCUT2D eigenvalue weighted by Crippen LogP contribution is 2.19. The van der Waals surface area contributed by atoms with Crippen LogP contribution in [0.3, 0.4) is 0 Å². The Balaban J connectivity index is 1.44. The minimum absolute atomic E-state index is 0.258. The maximum absolute atomic E-state index is 12.0. The normalized spacial score (nSPS) is 10.4. The van der Waals surface area contributed by atoms with Gasteiger partial charge in [0.2, 0.25) is 0 Å². The van der Waals surface area contributed by atoms with Gasteiger partial charge in [-0.25, -0.2) is 0 Å². The van der Waals surface area contributed by atoms with Crippen molar-refractivity contribution >= 4 is 27.5 Å². The van der Waals surface area contributed by atoms with Crippen molar-refractivity contribution in [3.63, 3.8) is 0 Å². The lowest BCUT2D eigenvalue weighted by Crippen LogP contribution is -2.10. The summed E-state index contributed by atoms with van der Waals surface area (Å²) in [5.41, 5.74) is 2.00. The third-order valence-corrected chi connectivity index (χ3v) is 4.06. The zero-order valence-electron chi connectivity index (χ0n) is 13.6. The second-order valence-electron chi connectivity index (χ2n) is 5.52. The van der Waals surface area contributed by atoms with Crippen LogP contribution in [0.1, 0.15) is 22.5 Å². The molecular formula is C20H18BrNO3. The molecule has 0 radical (unpaired) electrons. The number of furan rings is 1. The van der Waals surface area contributed by atoms with Gasteiger partial charge < -0.3 is 14.5 Å². The minimum atomic E-state index is -0.290. The molecule has 25 heavy (non-hydrogen) atoms. The van der Waals surface area contributed by atoms with Crippen molar-refractivity contribution in [3.8, 4) is 5.75 Å². The lowest BCUT2D eigenvalue weighted by Gasteiger charge is -2.08. The number of carbonyl (C=O) groups is 1. The Hall–Kier alpha value is -2.53. The van der Waals surface area contributed by atoms with Crippen LogP contribution in [-0.4, -0.2) is 12.5 Å². The molecule has 1 N–H and O–H groups in total. The summed E-state index contributed by atoms with van der Waals surface area (Å²) >= 11 is 3.18. The van der Waals surface area contributed by atoms with E-state index in [4.69, 9.17) is 9.15 Å². The lowest BCUT2D eigenvalue weighted by atomic mass is 10.1. The highest BCUT2D eigenvalue weighted by Gasteiger charge is 2.10. The van der Waals surface area contributed by atoms with Crippen LogP contribution in [0.2, 0.25) is 0 Å². The summed E-state index contributed by atoms with van der Waals surface area (Å²) in [6.45, 7) is 0.654. The van der Waals surface area contributed by atoms with E-state index >= 15 is 0 Å². The second-order valence-corrected chi connectivity index (χ2v) is 6.30. The summed E-state index contributed by atoms with van der Waals surface area (Å²) in [5, 5.41) is 2.78. The molecule has 1 aromatic heterocycles. The van der Waals surface area contributed by atoms with E-state index in [9.17, 15) is 4.79 Å². The van der Waals surface area contributed by atoms with Crippen LogP contribution in [0.25, 0.3) is 0 Å². The van der Waals surface area contributed by atoms with Crippen LogP contribution in [0.15, 0.2) is 75.8 Å². The van der Waals surface area contributed by atoms with Gasteiger partial charge in [-0.3, -0.25) is 4.79 Å². The molecule has 3 rings (SSSR count). The molecule has 0 bridgehead atoms. The topological polar surface area (TPSA) is 51.5 Å². The Bertz CT molecular complexity index is 812. The number of halogens is 1. The summed E-state index contributed by atoms with van der Waals surface area (Å²) in [7, 11) is 0. The Morgan fingerprint density at radius 3 is 2.44 bits per heavy atom. The number of amides is 1. The van der Waals surface area contributed by atoms with Gasteiger partial charge in [-0.05, 0) is 70.7 Å². The number of ether oxygens (including phenoxy) is 1. The van der Waals surface area contributed by atoms with E-state index in [1.807, 2.05) is 42.5 Å². The van der Waals surface area contributed by atoms with E-state index in [0.717, 1.165) is 18.6 Å². The molecule has 128 valence electrons. The lowest BCUT2D eigenvalue weighted by molar-refractivity contribution is 0.0995. The van der Waals surface area contributed by atoms with Gasteiger partial charge in [0.05, 0.1) is 6.61 Å². The van der Waals surface area contributed by atoms with Crippen LogP contribution < -0.4 is 10.1 Å². The number of anilines is 1. The van der Waals surface area contributed by atoms with Crippen molar-refractivity contribution in [2.45, 2.75) is 12.8 Å². The zero-order chi connectivity index (χ0) is 17.5. The Kier molecular flexibility index (Phi) is 5.90. The van der Waals surface area contributed by atoms with Gasteiger partial charge in [-0.15, -0.1) is 0 Å². The molecule has 1 amide bonds. The highest BCUT2D eigenvalue weighted by molar-refractivity contribution is 9.10. The number of nitrogens with one attached hydrogen (secondary N) is 1. The van der Waals surface area contributed by atoms with E-state index in [1.165, 1.54) is 5.56 Å². The van der Waals surface area contributed by atoms with Crippen LogP contribution in [0.5, 0.6) is 5.75 Å². The summed E-state index contributed by atoms with van der Waals surface area (Å²) < 4.78 is 11.5. The predicted molar refractivity (Wildman–Crippen MR) is 101 cm³/mol. The van der Waals surface area contributed by atoms with Crippen LogP contribution in [0.4, 0.5) is 5.69 Å². The molecule has 0 aliphatic carbocycles. The first kappa shape index (κ1) is 17.3. The quantitative estimate of drug-likeness (QED) is 0.547. The molecule has 0 aliphatic rings. The third-order valence-electron chi connectivity index (χ3n) is 3.63. The summed E-state index contributed by atoms with van der Waals surface area (Å²) in [6.07, 6.45) is 1.95. The number of aryl methyl sites for hydroxylation is 1. The van der Waals surface area contributed by atoms with Crippen molar-refractivity contribution in [1.82, 2.24) is 0 Å². The van der Waals surface area contributed by atoms with Crippen molar-refractivity contribution < 1.29 is 13.9 Å². The first-order valence-corrected chi connectivity index (χ1v) is 8.83. The van der Waals surface area contributed by atoms with Crippen molar-refractivity contribution in [3.05, 3.63) is 82.7 Å². The molecule has 0 atom stereocenters. The van der Waals surface area contributed by atoms with Crippen LogP contribution in [-0.2, 0) is 6.42 Å². The molecule has 5 heteroatoms. The number of carbonyl (C=O) groups excluding carboxylic acids is 1. The average Bonchev–Trinajstić information content (AvgIpc) is 3.08. The molecule has 1 heterocycles. The summed E-state index contributed by atoms with van der Waals surface area (Å²) in [4.78, 5) is 12.0. The maximum Gasteiger partial charge on any atom is 0.291 e. The number of rotatable bonds is 7. The van der Waals surface area contributed by atoms with Crippen LogP contribution in [0, 0.1) is 0 Å². The van der Waals surface area contributed by atoms with Gasteiger partial charge in [0.15, 0.2) is 10.4 Å². The van der Waals surface area contributed by atoms with E-state index in [-0.39, 0.29) is 11.7 Å². The van der Waals surface area contributed by atoms with Gasteiger partial charge in [0.25, 0.3) is 5.91 Å². The van der Waals surface area contributed by atoms with Crippen LogP contribution >= 0.6 is 15.9 Å². The Labute approximate surface area is 154 Å². The highest BCUT2D eigenvalue weighted by atomic mass is 79.9. The van der Waals surface area contributed by atoms with Gasteiger partial charge in [0, 0.05) is 5.69 Å². The third kappa shape index (κ3) is 5.22. The first-order chi connectivity index (χ1) is 12.2. The largest absolute Gasteiger partial charge is 0.494 e. The fourth-order valence-corrected chi connectivity index (χ4v) is 2.68. The maximum atomic E-state index is 12.0. The summed E-state index contributed by atoms with van der Waals surface area (Å²) in [5.74, 6) is 0.752. The fourth-order valence-electron chi connectivity index (χ4n) is 2.37. The van der Waals surface area contributed by atoms with E-state index < -0.39 is 0 Å². The minimum Gasteiger partial charge on any atom is -0.494 e. The smallest absolute Gasteiger partial charge is 0.291 e.